The van der Waals surface area contributed by atoms with Crippen molar-refractivity contribution in [2.24, 2.45) is 0 Å². The van der Waals surface area contributed by atoms with E-state index in [9.17, 15) is 9.59 Å². The molecule has 1 aliphatic heterocycles. The van der Waals surface area contributed by atoms with Gasteiger partial charge in [-0.2, -0.15) is 0 Å². The lowest BCUT2D eigenvalue weighted by Crippen LogP contribution is -2.33. The number of nitrogens with one attached hydrogen (secondary N) is 2. The van der Waals surface area contributed by atoms with Crippen molar-refractivity contribution < 1.29 is 9.59 Å². The maximum atomic E-state index is 13.7. The molecule has 0 aliphatic carbocycles. The van der Waals surface area contributed by atoms with Crippen molar-refractivity contribution in [3.05, 3.63) is 126 Å². The van der Waals surface area contributed by atoms with Crippen molar-refractivity contribution in [1.29, 1.82) is 0 Å². The molecule has 0 saturated heterocycles. The van der Waals surface area contributed by atoms with Gasteiger partial charge in [0.15, 0.2) is 0 Å². The number of hydrogen-bond donors (Lipinski definition) is 2. The summed E-state index contributed by atoms with van der Waals surface area (Å²) >= 11 is 0. The van der Waals surface area contributed by atoms with Gasteiger partial charge in [-0.05, 0) is 67.3 Å². The first-order chi connectivity index (χ1) is 19.1. The Morgan fingerprint density at radius 3 is 2.31 bits per heavy atom. The Kier molecular flexibility index (Phi) is 6.51. The Morgan fingerprint density at radius 2 is 1.51 bits per heavy atom. The molecule has 39 heavy (non-hydrogen) atoms. The number of aromatic amines is 1. The second-order valence-electron chi connectivity index (χ2n) is 9.67. The number of carbonyl (C=O) groups is 2. The maximum absolute atomic E-state index is 13.7. The summed E-state index contributed by atoms with van der Waals surface area (Å²) in [6.07, 6.45) is 1.65. The minimum atomic E-state index is -0.198. The number of para-hydroxylation sites is 1. The van der Waals surface area contributed by atoms with E-state index in [-0.39, 0.29) is 11.8 Å². The van der Waals surface area contributed by atoms with Gasteiger partial charge in [-0.15, -0.1) is 0 Å². The van der Waals surface area contributed by atoms with Gasteiger partial charge in [-0.25, -0.2) is 4.98 Å². The van der Waals surface area contributed by atoms with Crippen LogP contribution in [0.2, 0.25) is 0 Å². The molecule has 5 aromatic rings. The first kappa shape index (κ1) is 24.4. The first-order valence-electron chi connectivity index (χ1n) is 13.1. The Morgan fingerprint density at radius 1 is 0.821 bits per heavy atom. The highest BCUT2D eigenvalue weighted by Crippen LogP contribution is 2.35. The van der Waals surface area contributed by atoms with Gasteiger partial charge in [-0.1, -0.05) is 66.7 Å². The van der Waals surface area contributed by atoms with Crippen molar-refractivity contribution in [3.8, 4) is 22.4 Å². The van der Waals surface area contributed by atoms with Crippen molar-refractivity contribution in [3.63, 3.8) is 0 Å². The maximum Gasteiger partial charge on any atom is 0.258 e. The average Bonchev–Trinajstić information content (AvgIpc) is 3.34. The van der Waals surface area contributed by atoms with E-state index >= 15 is 0 Å². The second-order valence-corrected chi connectivity index (χ2v) is 9.67. The van der Waals surface area contributed by atoms with Gasteiger partial charge >= 0.3 is 0 Å². The molecular formula is C33H28N4O2. The quantitative estimate of drug-likeness (QED) is 0.275. The van der Waals surface area contributed by atoms with Crippen molar-refractivity contribution in [1.82, 2.24) is 9.97 Å². The number of imidazole rings is 1. The molecule has 2 N–H and O–H groups in total. The van der Waals surface area contributed by atoms with Crippen LogP contribution in [0.5, 0.6) is 0 Å². The van der Waals surface area contributed by atoms with Crippen LogP contribution in [-0.4, -0.2) is 28.3 Å². The zero-order valence-electron chi connectivity index (χ0n) is 21.6. The van der Waals surface area contributed by atoms with E-state index in [1.807, 2.05) is 90.7 Å². The van der Waals surface area contributed by atoms with Crippen molar-refractivity contribution in [2.45, 2.75) is 19.8 Å². The predicted octanol–water partition coefficient (Wildman–Crippen LogP) is 6.90. The molecule has 0 spiro atoms. The van der Waals surface area contributed by atoms with E-state index in [4.69, 9.17) is 4.98 Å². The molecule has 4 aromatic carbocycles. The molecule has 1 aromatic heterocycles. The van der Waals surface area contributed by atoms with Crippen LogP contribution in [0.25, 0.3) is 22.4 Å². The minimum absolute atomic E-state index is 0.0783. The van der Waals surface area contributed by atoms with E-state index in [1.165, 1.54) is 0 Å². The zero-order chi connectivity index (χ0) is 26.8. The number of hydrogen-bond acceptors (Lipinski definition) is 3. The van der Waals surface area contributed by atoms with Crippen LogP contribution in [-0.2, 0) is 6.42 Å². The van der Waals surface area contributed by atoms with Gasteiger partial charge in [0, 0.05) is 34.6 Å². The number of carbonyl (C=O) groups excluding carboxylic acids is 2. The molecule has 2 amide bonds. The Labute approximate surface area is 227 Å². The molecular weight excluding hydrogens is 484 g/mol. The first-order valence-corrected chi connectivity index (χ1v) is 13.1. The smallest absolute Gasteiger partial charge is 0.258 e. The number of benzene rings is 4. The van der Waals surface area contributed by atoms with Crippen LogP contribution in [0, 0.1) is 6.92 Å². The normalized spacial score (nSPS) is 12.6. The number of fused-ring (bicyclic) bond motifs is 3. The van der Waals surface area contributed by atoms with Gasteiger partial charge in [0.2, 0.25) is 0 Å². The summed E-state index contributed by atoms with van der Waals surface area (Å²) in [5, 5.41) is 2.99. The van der Waals surface area contributed by atoms with Crippen LogP contribution in [0.3, 0.4) is 0 Å². The lowest BCUT2D eigenvalue weighted by atomic mass is 9.99. The SMILES string of the molecule is Cc1nc2c([nH]1)CCCN(C(=O)c1ccc(NC(=O)c3ccccc3-c3ccccc3)cc1)c1ccccc1-2. The van der Waals surface area contributed by atoms with Crippen molar-refractivity contribution >= 4 is 23.2 Å². The van der Waals surface area contributed by atoms with Crippen LogP contribution in [0.1, 0.15) is 38.7 Å². The highest BCUT2D eigenvalue weighted by Gasteiger charge is 2.25. The number of amides is 2. The van der Waals surface area contributed by atoms with E-state index in [2.05, 4.69) is 10.3 Å². The summed E-state index contributed by atoms with van der Waals surface area (Å²) in [5.41, 5.74) is 7.46. The predicted molar refractivity (Wildman–Crippen MR) is 155 cm³/mol. The minimum Gasteiger partial charge on any atom is -0.346 e. The molecule has 0 atom stereocenters. The van der Waals surface area contributed by atoms with Gasteiger partial charge in [0.05, 0.1) is 11.4 Å². The Hall–Kier alpha value is -4.97. The van der Waals surface area contributed by atoms with Crippen LogP contribution < -0.4 is 10.2 Å². The van der Waals surface area contributed by atoms with E-state index < -0.39 is 0 Å². The fraction of sp³-hybridized carbons (Fsp3) is 0.121. The molecule has 0 saturated carbocycles. The number of nitrogens with zero attached hydrogens (tertiary/aromatic N) is 2. The Balaban J connectivity index is 1.24. The third-order valence-corrected chi connectivity index (χ3v) is 7.05. The lowest BCUT2D eigenvalue weighted by molar-refractivity contribution is 0.0985. The van der Waals surface area contributed by atoms with E-state index in [0.717, 1.165) is 52.4 Å². The number of rotatable bonds is 4. The standard InChI is InChI=1S/C33H28N4O2/c1-22-34-29-15-9-21-37(30-16-8-7-14-28(30)31(29)35-22)33(39)24-17-19-25(20-18-24)36-32(38)27-13-6-5-12-26(27)23-10-3-2-4-11-23/h2-8,10-14,16-20H,9,15,21H2,1H3,(H,34,35)(H,36,38). The number of aryl methyl sites for hydroxylation is 2. The molecule has 2 heterocycles. The zero-order valence-corrected chi connectivity index (χ0v) is 21.6. The summed E-state index contributed by atoms with van der Waals surface area (Å²) in [7, 11) is 0. The highest BCUT2D eigenvalue weighted by atomic mass is 16.2. The Bertz CT molecular complexity index is 1660. The summed E-state index contributed by atoms with van der Waals surface area (Å²) in [6.45, 7) is 2.55. The third-order valence-electron chi connectivity index (χ3n) is 7.05. The van der Waals surface area contributed by atoms with Crippen LogP contribution >= 0.6 is 0 Å². The average molecular weight is 513 g/mol. The fourth-order valence-electron chi connectivity index (χ4n) is 5.20. The summed E-state index contributed by atoms with van der Waals surface area (Å²) < 4.78 is 0. The fourth-order valence-corrected chi connectivity index (χ4v) is 5.20. The van der Waals surface area contributed by atoms with Gasteiger partial charge < -0.3 is 15.2 Å². The van der Waals surface area contributed by atoms with E-state index in [1.54, 1.807) is 24.3 Å². The summed E-state index contributed by atoms with van der Waals surface area (Å²) in [6, 6.07) is 32.4. The summed E-state index contributed by atoms with van der Waals surface area (Å²) in [5.74, 6) is 0.598. The third kappa shape index (κ3) is 4.84. The highest BCUT2D eigenvalue weighted by molar-refractivity contribution is 6.10. The molecule has 6 nitrogen and oxygen atoms in total. The molecule has 0 unspecified atom stereocenters. The number of anilines is 2. The molecule has 192 valence electrons. The number of H-pyrrole nitrogens is 1. The molecule has 6 heteroatoms. The van der Waals surface area contributed by atoms with Gasteiger partial charge in [0.1, 0.15) is 5.82 Å². The van der Waals surface area contributed by atoms with Crippen LogP contribution in [0.15, 0.2) is 103 Å². The molecule has 1 aliphatic rings. The molecule has 0 radical (unpaired) electrons. The monoisotopic (exact) mass is 512 g/mol. The molecule has 6 rings (SSSR count). The number of aromatic nitrogens is 2. The van der Waals surface area contributed by atoms with Crippen molar-refractivity contribution in [2.75, 3.05) is 16.8 Å². The largest absolute Gasteiger partial charge is 0.346 e. The molecule has 0 bridgehead atoms. The van der Waals surface area contributed by atoms with Gasteiger partial charge in [-0.3, -0.25) is 9.59 Å². The second kappa shape index (κ2) is 10.4. The van der Waals surface area contributed by atoms with Gasteiger partial charge in [0.25, 0.3) is 11.8 Å². The van der Waals surface area contributed by atoms with Crippen LogP contribution in [0.4, 0.5) is 11.4 Å². The topological polar surface area (TPSA) is 78.1 Å². The lowest BCUT2D eigenvalue weighted by Gasteiger charge is -2.27. The molecule has 0 fully saturated rings. The summed E-state index contributed by atoms with van der Waals surface area (Å²) in [4.78, 5) is 36.8. The van der Waals surface area contributed by atoms with E-state index in [0.29, 0.717) is 23.4 Å².